The van der Waals surface area contributed by atoms with Gasteiger partial charge in [0.1, 0.15) is 17.6 Å². The molecular weight excluding hydrogens is 190 g/mol. The molecule has 0 aromatic carbocycles. The highest BCUT2D eigenvalue weighted by Crippen LogP contribution is 2.18. The van der Waals surface area contributed by atoms with Crippen molar-refractivity contribution in [3.05, 3.63) is 42.4 Å². The van der Waals surface area contributed by atoms with E-state index in [0.29, 0.717) is 0 Å². The van der Waals surface area contributed by atoms with E-state index in [0.717, 1.165) is 24.6 Å². The summed E-state index contributed by atoms with van der Waals surface area (Å²) in [6.45, 7) is 3.06. The van der Waals surface area contributed by atoms with E-state index in [9.17, 15) is 0 Å². The quantitative estimate of drug-likeness (QED) is 0.829. The van der Waals surface area contributed by atoms with Gasteiger partial charge in [0, 0.05) is 18.9 Å². The summed E-state index contributed by atoms with van der Waals surface area (Å²) in [4.78, 5) is 4.27. The molecule has 0 amide bonds. The Bertz CT molecular complexity index is 405. The normalized spacial score (nSPS) is 12.9. The Hall–Kier alpha value is -1.55. The highest BCUT2D eigenvalue weighted by Gasteiger charge is 2.16. The Morgan fingerprint density at radius 1 is 1.60 bits per heavy atom. The number of nitrogens with zero attached hydrogens (tertiary/aromatic N) is 2. The summed E-state index contributed by atoms with van der Waals surface area (Å²) in [6.07, 6.45) is 6.41. The second-order valence-electron chi connectivity index (χ2n) is 3.47. The zero-order chi connectivity index (χ0) is 10.7. The van der Waals surface area contributed by atoms with Crippen molar-refractivity contribution in [2.24, 2.45) is 5.73 Å². The van der Waals surface area contributed by atoms with Crippen LogP contribution in [-0.4, -0.2) is 9.55 Å². The molecule has 4 nitrogen and oxygen atoms in total. The first-order chi connectivity index (χ1) is 7.33. The summed E-state index contributed by atoms with van der Waals surface area (Å²) < 4.78 is 7.34. The lowest BCUT2D eigenvalue weighted by atomic mass is 10.2. The Labute approximate surface area is 88.7 Å². The van der Waals surface area contributed by atoms with E-state index >= 15 is 0 Å². The molecule has 0 aliphatic heterocycles. The smallest absolute Gasteiger partial charge is 0.133 e. The van der Waals surface area contributed by atoms with Crippen LogP contribution < -0.4 is 5.73 Å². The third-order valence-electron chi connectivity index (χ3n) is 2.34. The summed E-state index contributed by atoms with van der Waals surface area (Å²) in [5.74, 6) is 1.60. The van der Waals surface area contributed by atoms with Crippen LogP contribution >= 0.6 is 0 Å². The van der Waals surface area contributed by atoms with Crippen LogP contribution in [0.1, 0.15) is 31.0 Å². The van der Waals surface area contributed by atoms with Crippen molar-refractivity contribution in [3.63, 3.8) is 0 Å². The van der Waals surface area contributed by atoms with Crippen molar-refractivity contribution in [1.29, 1.82) is 0 Å². The largest absolute Gasteiger partial charge is 0.467 e. The highest BCUT2D eigenvalue weighted by molar-refractivity contribution is 5.14. The van der Waals surface area contributed by atoms with E-state index < -0.39 is 0 Å². The molecule has 0 bridgehead atoms. The van der Waals surface area contributed by atoms with Crippen LogP contribution in [0.4, 0.5) is 0 Å². The topological polar surface area (TPSA) is 57.0 Å². The molecule has 1 unspecified atom stereocenters. The number of furan rings is 1. The summed E-state index contributed by atoms with van der Waals surface area (Å²) in [5, 5.41) is 0. The van der Waals surface area contributed by atoms with Gasteiger partial charge in [-0.2, -0.15) is 0 Å². The van der Waals surface area contributed by atoms with E-state index in [-0.39, 0.29) is 6.04 Å². The Morgan fingerprint density at radius 2 is 2.47 bits per heavy atom. The average molecular weight is 205 g/mol. The van der Waals surface area contributed by atoms with Gasteiger partial charge in [-0.25, -0.2) is 4.98 Å². The van der Waals surface area contributed by atoms with Crippen LogP contribution in [0.3, 0.4) is 0 Å². The summed E-state index contributed by atoms with van der Waals surface area (Å²) in [7, 11) is 0. The standard InChI is InChI=1S/C11H15N3O/c1-2-6-14-7-5-13-11(14)10(12)9-4-3-8-15-9/h3-5,7-8,10H,2,6,12H2,1H3. The van der Waals surface area contributed by atoms with Crippen molar-refractivity contribution < 1.29 is 4.42 Å². The summed E-state index contributed by atoms with van der Waals surface area (Å²) >= 11 is 0. The molecule has 80 valence electrons. The van der Waals surface area contributed by atoms with Crippen LogP contribution in [0, 0.1) is 0 Å². The SMILES string of the molecule is CCCn1ccnc1C(N)c1ccco1. The zero-order valence-electron chi connectivity index (χ0n) is 8.76. The molecule has 0 aliphatic rings. The molecule has 2 aromatic rings. The Kier molecular flexibility index (Phi) is 2.87. The van der Waals surface area contributed by atoms with Gasteiger partial charge in [0.05, 0.1) is 6.26 Å². The van der Waals surface area contributed by atoms with Gasteiger partial charge in [-0.3, -0.25) is 0 Å². The molecule has 1 atom stereocenters. The van der Waals surface area contributed by atoms with E-state index in [2.05, 4.69) is 16.5 Å². The van der Waals surface area contributed by atoms with Crippen molar-refractivity contribution in [2.45, 2.75) is 25.9 Å². The Balaban J connectivity index is 2.25. The zero-order valence-corrected chi connectivity index (χ0v) is 8.76. The molecule has 4 heteroatoms. The highest BCUT2D eigenvalue weighted by atomic mass is 16.3. The van der Waals surface area contributed by atoms with Crippen molar-refractivity contribution in [3.8, 4) is 0 Å². The monoisotopic (exact) mass is 205 g/mol. The fraction of sp³-hybridized carbons (Fsp3) is 0.364. The molecule has 0 aliphatic carbocycles. The van der Waals surface area contributed by atoms with Crippen LogP contribution in [0.25, 0.3) is 0 Å². The number of nitrogens with two attached hydrogens (primary N) is 1. The van der Waals surface area contributed by atoms with Gasteiger partial charge in [-0.05, 0) is 18.6 Å². The second kappa shape index (κ2) is 4.31. The predicted octanol–water partition coefficient (Wildman–Crippen LogP) is 1.93. The minimum Gasteiger partial charge on any atom is -0.467 e. The van der Waals surface area contributed by atoms with E-state index in [4.69, 9.17) is 10.2 Å². The summed E-state index contributed by atoms with van der Waals surface area (Å²) in [6, 6.07) is 3.43. The molecule has 0 spiro atoms. The lowest BCUT2D eigenvalue weighted by Gasteiger charge is -2.11. The minimum atomic E-state index is -0.276. The van der Waals surface area contributed by atoms with Gasteiger partial charge in [-0.15, -0.1) is 0 Å². The first-order valence-corrected chi connectivity index (χ1v) is 5.13. The number of hydrogen-bond acceptors (Lipinski definition) is 3. The van der Waals surface area contributed by atoms with E-state index in [1.807, 2.05) is 18.3 Å². The molecule has 2 aromatic heterocycles. The molecule has 2 N–H and O–H groups in total. The Morgan fingerprint density at radius 3 is 3.13 bits per heavy atom. The van der Waals surface area contributed by atoms with Gasteiger partial charge in [0.2, 0.25) is 0 Å². The van der Waals surface area contributed by atoms with Crippen LogP contribution in [0.15, 0.2) is 35.2 Å². The van der Waals surface area contributed by atoms with Crippen LogP contribution in [0.2, 0.25) is 0 Å². The van der Waals surface area contributed by atoms with Crippen molar-refractivity contribution >= 4 is 0 Å². The number of aryl methyl sites for hydroxylation is 1. The lowest BCUT2D eigenvalue weighted by molar-refractivity contribution is 0.472. The third-order valence-corrected chi connectivity index (χ3v) is 2.34. The fourth-order valence-corrected chi connectivity index (χ4v) is 1.63. The maximum Gasteiger partial charge on any atom is 0.133 e. The van der Waals surface area contributed by atoms with Crippen LogP contribution in [0.5, 0.6) is 0 Å². The van der Waals surface area contributed by atoms with Gasteiger partial charge < -0.3 is 14.7 Å². The molecule has 0 radical (unpaired) electrons. The van der Waals surface area contributed by atoms with Crippen molar-refractivity contribution in [2.75, 3.05) is 0 Å². The number of imidazole rings is 1. The molecule has 0 saturated carbocycles. The molecule has 2 rings (SSSR count). The molecule has 15 heavy (non-hydrogen) atoms. The molecule has 0 saturated heterocycles. The fourth-order valence-electron chi connectivity index (χ4n) is 1.63. The number of hydrogen-bond donors (Lipinski definition) is 1. The number of aromatic nitrogens is 2. The van der Waals surface area contributed by atoms with E-state index in [1.165, 1.54) is 0 Å². The average Bonchev–Trinajstić information content (AvgIpc) is 2.87. The van der Waals surface area contributed by atoms with Gasteiger partial charge in [0.25, 0.3) is 0 Å². The van der Waals surface area contributed by atoms with Gasteiger partial charge >= 0.3 is 0 Å². The van der Waals surface area contributed by atoms with Crippen LogP contribution in [-0.2, 0) is 6.54 Å². The predicted molar refractivity (Wildman–Crippen MR) is 57.3 cm³/mol. The first kappa shape index (κ1) is 9.98. The second-order valence-corrected chi connectivity index (χ2v) is 3.47. The minimum absolute atomic E-state index is 0.276. The lowest BCUT2D eigenvalue weighted by Crippen LogP contribution is -2.17. The third kappa shape index (κ3) is 1.94. The van der Waals surface area contributed by atoms with Gasteiger partial charge in [0.15, 0.2) is 0 Å². The molecule has 2 heterocycles. The number of rotatable bonds is 4. The van der Waals surface area contributed by atoms with Gasteiger partial charge in [-0.1, -0.05) is 6.92 Å². The molecule has 0 fully saturated rings. The summed E-state index contributed by atoms with van der Waals surface area (Å²) in [5.41, 5.74) is 6.06. The first-order valence-electron chi connectivity index (χ1n) is 5.13. The maximum absolute atomic E-state index is 6.06. The van der Waals surface area contributed by atoms with E-state index in [1.54, 1.807) is 12.5 Å². The maximum atomic E-state index is 6.06. The van der Waals surface area contributed by atoms with Crippen molar-refractivity contribution in [1.82, 2.24) is 9.55 Å². The molecular formula is C11H15N3O.